The molecule has 0 saturated heterocycles. The predicted molar refractivity (Wildman–Crippen MR) is 69.4 cm³/mol. The molecule has 0 spiro atoms. The van der Waals surface area contributed by atoms with Crippen molar-refractivity contribution >= 4 is 0 Å². The first kappa shape index (κ1) is 49.7. The quantitative estimate of drug-likeness (QED) is 0.336. The summed E-state index contributed by atoms with van der Waals surface area (Å²) in [5.74, 6) is 0. The van der Waals surface area contributed by atoms with Gasteiger partial charge >= 0.3 is 0 Å². The minimum Gasteiger partial charge on any atom is -1.00 e. The van der Waals surface area contributed by atoms with Crippen LogP contribution in [0.3, 0.4) is 0 Å². The van der Waals surface area contributed by atoms with Crippen molar-refractivity contribution in [2.75, 3.05) is 0 Å². The Kier molecular flexibility index (Phi) is 106. The summed E-state index contributed by atoms with van der Waals surface area (Å²) in [6.45, 7) is 13.8. The fourth-order valence-corrected chi connectivity index (χ4v) is 0. The Labute approximate surface area is 150 Å². The van der Waals surface area contributed by atoms with Crippen molar-refractivity contribution in [3.8, 4) is 0 Å². The van der Waals surface area contributed by atoms with Crippen LogP contribution in [0.5, 0.6) is 0 Å². The molecule has 0 fully saturated rings. The summed E-state index contributed by atoms with van der Waals surface area (Å²) >= 11 is 0. The Balaban J connectivity index is -0.0000000150. The van der Waals surface area contributed by atoms with Crippen LogP contribution in [0, 0.1) is 0 Å². The van der Waals surface area contributed by atoms with Gasteiger partial charge in [0, 0.05) is 24.4 Å². The monoisotopic (exact) mass is 380 g/mol. The molecule has 8 heteroatoms. The number of aliphatic hydroxyl groups excluding tert-OH is 4. The third-order valence-corrected chi connectivity index (χ3v) is 0. The van der Waals surface area contributed by atoms with Crippen molar-refractivity contribution in [1.29, 1.82) is 0 Å². The predicted octanol–water partition coefficient (Wildman–Crippen LogP) is -10.4. The molecule has 0 bridgehead atoms. The Hall–Kier alpha value is 1.00. The summed E-state index contributed by atoms with van der Waals surface area (Å²) in [7, 11) is 0. The molecule has 0 rings (SSSR count). The first-order chi connectivity index (χ1) is 6.93. The Bertz CT molecular complexity index is 70.4. The van der Waals surface area contributed by atoms with Gasteiger partial charge in [-0.3, -0.25) is 0 Å². The van der Waals surface area contributed by atoms with E-state index in [0.717, 1.165) is 0 Å². The van der Waals surface area contributed by atoms with Crippen LogP contribution in [-0.4, -0.2) is 44.8 Å². The second kappa shape index (κ2) is 42.7. The molecule has 0 heterocycles. The van der Waals surface area contributed by atoms with Gasteiger partial charge in [0.1, 0.15) is 0 Å². The van der Waals surface area contributed by atoms with Gasteiger partial charge in [0.2, 0.25) is 0 Å². The molecule has 0 aliphatic rings. The lowest BCUT2D eigenvalue weighted by molar-refractivity contribution is -0.00100. The highest BCUT2D eigenvalue weighted by Gasteiger charge is 1.70. The van der Waals surface area contributed by atoms with E-state index in [0.29, 0.717) is 0 Å². The van der Waals surface area contributed by atoms with Crippen molar-refractivity contribution < 1.29 is 70.1 Å². The maximum atomic E-state index is 8.06. The highest BCUT2D eigenvalue weighted by molar-refractivity contribution is 4.21. The van der Waals surface area contributed by atoms with Crippen LogP contribution in [0.4, 0.5) is 0 Å². The van der Waals surface area contributed by atoms with Crippen molar-refractivity contribution in [3.05, 3.63) is 0 Å². The molecule has 0 saturated carbocycles. The first-order valence-electron chi connectivity index (χ1n) is 5.65. The van der Waals surface area contributed by atoms with E-state index < -0.39 is 0 Å². The minimum absolute atomic E-state index is 0. The average Bonchev–Trinajstić information content (AvgIpc) is 1.76. The van der Waals surface area contributed by atoms with Gasteiger partial charge in [-0.1, -0.05) is 0 Å². The zero-order valence-corrected chi connectivity index (χ0v) is 16.6. The molecular formula is C12H32Cl4O4-4. The summed E-state index contributed by atoms with van der Waals surface area (Å²) in [6.07, 6.45) is -0.667. The summed E-state index contributed by atoms with van der Waals surface area (Å²) < 4.78 is 0. The van der Waals surface area contributed by atoms with Gasteiger partial charge in [-0.2, -0.15) is 0 Å². The second-order valence-electron chi connectivity index (χ2n) is 4.37. The average molecular weight is 382 g/mol. The van der Waals surface area contributed by atoms with E-state index in [9.17, 15) is 0 Å². The van der Waals surface area contributed by atoms with Gasteiger partial charge in [0.25, 0.3) is 0 Å². The van der Waals surface area contributed by atoms with E-state index in [1.54, 1.807) is 55.4 Å². The Morgan fingerprint density at radius 2 is 0.350 bits per heavy atom. The van der Waals surface area contributed by atoms with Crippen LogP contribution in [0.15, 0.2) is 0 Å². The van der Waals surface area contributed by atoms with E-state index in [-0.39, 0.29) is 74.0 Å². The highest BCUT2D eigenvalue weighted by Crippen LogP contribution is 1.66. The first-order valence-corrected chi connectivity index (χ1v) is 5.65. The molecule has 0 aromatic rings. The standard InChI is InChI=1S/4C3H8O.4ClH/c4*1-3(2)4;;;;/h4*3-4H,1-2H3;4*1H/p-4. The third-order valence-electron chi connectivity index (χ3n) is 0. The van der Waals surface area contributed by atoms with E-state index >= 15 is 0 Å². The maximum absolute atomic E-state index is 8.06. The van der Waals surface area contributed by atoms with Gasteiger partial charge < -0.3 is 70.1 Å². The SMILES string of the molecule is CC(C)O.CC(C)O.CC(C)O.CC(C)O.[Cl-].[Cl-].[Cl-].[Cl-]. The maximum Gasteiger partial charge on any atom is 0.0483 e. The van der Waals surface area contributed by atoms with Crippen LogP contribution < -0.4 is 49.6 Å². The molecule has 0 radical (unpaired) electrons. The molecule has 4 N–H and O–H groups in total. The lowest BCUT2D eigenvalue weighted by Crippen LogP contribution is -3.00. The fraction of sp³-hybridized carbons (Fsp3) is 1.00. The van der Waals surface area contributed by atoms with Crippen LogP contribution in [-0.2, 0) is 0 Å². The zero-order chi connectivity index (χ0) is 14.3. The molecule has 4 nitrogen and oxygen atoms in total. The molecule has 0 atom stereocenters. The number of hydrogen-bond acceptors (Lipinski definition) is 4. The topological polar surface area (TPSA) is 80.9 Å². The second-order valence-corrected chi connectivity index (χ2v) is 4.37. The third kappa shape index (κ3) is 6160. The van der Waals surface area contributed by atoms with Gasteiger partial charge in [-0.05, 0) is 55.4 Å². The summed E-state index contributed by atoms with van der Waals surface area (Å²) in [5.41, 5.74) is 0. The van der Waals surface area contributed by atoms with Crippen LogP contribution in [0.1, 0.15) is 55.4 Å². The Morgan fingerprint density at radius 3 is 0.350 bits per heavy atom. The molecule has 0 aromatic carbocycles. The number of aliphatic hydroxyl groups is 4. The lowest BCUT2D eigenvalue weighted by Gasteiger charge is -1.80. The van der Waals surface area contributed by atoms with E-state index in [1.165, 1.54) is 0 Å². The van der Waals surface area contributed by atoms with Crippen molar-refractivity contribution in [3.63, 3.8) is 0 Å². The van der Waals surface area contributed by atoms with E-state index in [2.05, 4.69) is 0 Å². The van der Waals surface area contributed by atoms with Gasteiger partial charge in [-0.25, -0.2) is 0 Å². The minimum atomic E-state index is -0.167. The van der Waals surface area contributed by atoms with Crippen molar-refractivity contribution in [1.82, 2.24) is 0 Å². The number of rotatable bonds is 0. The van der Waals surface area contributed by atoms with Gasteiger partial charge in [-0.15, -0.1) is 0 Å². The normalized spacial score (nSPS) is 7.20. The number of halogens is 4. The largest absolute Gasteiger partial charge is 1.00 e. The Morgan fingerprint density at radius 1 is 0.350 bits per heavy atom. The van der Waals surface area contributed by atoms with Crippen molar-refractivity contribution in [2.24, 2.45) is 0 Å². The van der Waals surface area contributed by atoms with Gasteiger partial charge in [0.05, 0.1) is 0 Å². The molecule has 136 valence electrons. The summed E-state index contributed by atoms with van der Waals surface area (Å²) in [4.78, 5) is 0. The van der Waals surface area contributed by atoms with Crippen LogP contribution >= 0.6 is 0 Å². The molecule has 0 amide bonds. The van der Waals surface area contributed by atoms with Gasteiger partial charge in [0.15, 0.2) is 0 Å². The van der Waals surface area contributed by atoms with E-state index in [1.807, 2.05) is 0 Å². The number of hydrogen-bond donors (Lipinski definition) is 4. The molecule has 0 aliphatic heterocycles. The van der Waals surface area contributed by atoms with E-state index in [4.69, 9.17) is 20.4 Å². The molecule has 0 aliphatic carbocycles. The van der Waals surface area contributed by atoms with Crippen molar-refractivity contribution in [2.45, 2.75) is 79.8 Å². The molecular weight excluding hydrogens is 350 g/mol. The summed E-state index contributed by atoms with van der Waals surface area (Å²) in [5, 5.41) is 32.2. The lowest BCUT2D eigenvalue weighted by atomic mass is 10.5. The van der Waals surface area contributed by atoms with Crippen LogP contribution in [0.25, 0.3) is 0 Å². The summed E-state index contributed by atoms with van der Waals surface area (Å²) in [6, 6.07) is 0. The van der Waals surface area contributed by atoms with Crippen LogP contribution in [0.2, 0.25) is 0 Å². The fourth-order valence-electron chi connectivity index (χ4n) is 0. The smallest absolute Gasteiger partial charge is 0.0483 e. The zero-order valence-electron chi connectivity index (χ0n) is 13.6. The molecule has 0 aromatic heterocycles. The molecule has 0 unspecified atom stereocenters. The highest BCUT2D eigenvalue weighted by atomic mass is 35.5. The molecule has 20 heavy (non-hydrogen) atoms.